The summed E-state index contributed by atoms with van der Waals surface area (Å²) < 4.78 is 20.0. The van der Waals surface area contributed by atoms with Crippen molar-refractivity contribution in [1.82, 2.24) is 4.90 Å². The first-order valence-corrected chi connectivity index (χ1v) is 10.4. The molecule has 2 aliphatic heterocycles. The molecule has 0 unspecified atom stereocenters. The molecule has 2 heterocycles. The standard InChI is InChI=1S/C20H21Br2NO3.ClH/c21-15-9-14(10-16(22)11-15)12-25-19-13-26-18-4-2-1-3-17(18)20(19)23-5-7-24-8-6-23;/h1-4,9-11,19-20H,5-8,12-13H2;1H/t19-,20-;/m1./s1. The lowest BCUT2D eigenvalue weighted by Crippen LogP contribution is -2.47. The fourth-order valence-corrected chi connectivity index (χ4v) is 5.03. The van der Waals surface area contributed by atoms with Gasteiger partial charge >= 0.3 is 0 Å². The molecule has 4 nitrogen and oxygen atoms in total. The second-order valence-electron chi connectivity index (χ2n) is 6.57. The van der Waals surface area contributed by atoms with E-state index in [0.717, 1.165) is 46.6 Å². The molecule has 1 saturated heterocycles. The van der Waals surface area contributed by atoms with Crippen LogP contribution in [0.3, 0.4) is 0 Å². The Labute approximate surface area is 182 Å². The molecule has 146 valence electrons. The highest BCUT2D eigenvalue weighted by Gasteiger charge is 2.36. The van der Waals surface area contributed by atoms with E-state index in [1.54, 1.807) is 0 Å². The zero-order chi connectivity index (χ0) is 17.9. The van der Waals surface area contributed by atoms with Crippen molar-refractivity contribution in [3.05, 3.63) is 62.5 Å². The second kappa shape index (κ2) is 9.72. The molecule has 27 heavy (non-hydrogen) atoms. The average molecular weight is 520 g/mol. The van der Waals surface area contributed by atoms with E-state index in [9.17, 15) is 0 Å². The van der Waals surface area contributed by atoms with Gasteiger partial charge in [-0.1, -0.05) is 50.1 Å². The van der Waals surface area contributed by atoms with Crippen LogP contribution in [0.1, 0.15) is 17.2 Å². The Hall–Kier alpha value is -0.630. The van der Waals surface area contributed by atoms with Gasteiger partial charge in [0, 0.05) is 27.6 Å². The first-order valence-electron chi connectivity index (χ1n) is 8.81. The van der Waals surface area contributed by atoms with Crippen molar-refractivity contribution in [1.29, 1.82) is 0 Å². The maximum atomic E-state index is 6.35. The molecule has 2 aliphatic rings. The largest absolute Gasteiger partial charge is 0.490 e. The Balaban J connectivity index is 0.00000210. The third kappa shape index (κ3) is 5.05. The molecule has 0 aromatic heterocycles. The lowest BCUT2D eigenvalue weighted by molar-refractivity contribution is -0.0812. The van der Waals surface area contributed by atoms with Gasteiger partial charge in [0.25, 0.3) is 0 Å². The summed E-state index contributed by atoms with van der Waals surface area (Å²) in [5.74, 6) is 0.967. The molecule has 2 atom stereocenters. The van der Waals surface area contributed by atoms with Crippen LogP contribution in [0, 0.1) is 0 Å². The Morgan fingerprint density at radius 2 is 1.74 bits per heavy atom. The third-order valence-electron chi connectivity index (χ3n) is 4.82. The van der Waals surface area contributed by atoms with Crippen molar-refractivity contribution >= 4 is 44.3 Å². The zero-order valence-corrected chi connectivity index (χ0v) is 18.8. The van der Waals surface area contributed by atoms with Gasteiger partial charge < -0.3 is 14.2 Å². The fraction of sp³-hybridized carbons (Fsp3) is 0.400. The van der Waals surface area contributed by atoms with Gasteiger partial charge in [-0.15, -0.1) is 12.4 Å². The lowest BCUT2D eigenvalue weighted by atomic mass is 9.96. The molecule has 0 bridgehead atoms. The van der Waals surface area contributed by atoms with Crippen LogP contribution in [0.5, 0.6) is 5.75 Å². The molecule has 1 fully saturated rings. The number of para-hydroxylation sites is 1. The minimum Gasteiger partial charge on any atom is -0.490 e. The molecule has 7 heteroatoms. The SMILES string of the molecule is Brc1cc(Br)cc(CO[C@@H]2COc3ccccc3[C@H]2N2CCOCC2)c1.Cl. The molecule has 0 amide bonds. The lowest BCUT2D eigenvalue weighted by Gasteiger charge is -2.42. The Kier molecular flexibility index (Phi) is 7.59. The number of hydrogen-bond donors (Lipinski definition) is 0. The summed E-state index contributed by atoms with van der Waals surface area (Å²) in [7, 11) is 0. The molecule has 0 N–H and O–H groups in total. The molecule has 4 rings (SSSR count). The van der Waals surface area contributed by atoms with Crippen molar-refractivity contribution in [2.45, 2.75) is 18.8 Å². The number of fused-ring (bicyclic) bond motifs is 1. The summed E-state index contributed by atoms with van der Waals surface area (Å²) in [6, 6.07) is 14.7. The van der Waals surface area contributed by atoms with Gasteiger partial charge in [-0.25, -0.2) is 0 Å². The van der Waals surface area contributed by atoms with Gasteiger partial charge in [-0.3, -0.25) is 4.90 Å². The number of nitrogens with zero attached hydrogens (tertiary/aromatic N) is 1. The highest BCUT2D eigenvalue weighted by atomic mass is 79.9. The van der Waals surface area contributed by atoms with Gasteiger partial charge in [-0.2, -0.15) is 0 Å². The first-order chi connectivity index (χ1) is 12.7. The Morgan fingerprint density at radius 3 is 2.48 bits per heavy atom. The van der Waals surface area contributed by atoms with Crippen LogP contribution in [0.15, 0.2) is 51.4 Å². The molecule has 0 aliphatic carbocycles. The topological polar surface area (TPSA) is 30.9 Å². The van der Waals surface area contributed by atoms with E-state index in [2.05, 4.69) is 61.0 Å². The van der Waals surface area contributed by atoms with E-state index < -0.39 is 0 Å². The number of rotatable bonds is 4. The van der Waals surface area contributed by atoms with E-state index in [1.807, 2.05) is 18.2 Å². The summed E-state index contributed by atoms with van der Waals surface area (Å²) in [4.78, 5) is 2.46. The van der Waals surface area contributed by atoms with Gasteiger partial charge in [-0.05, 0) is 29.8 Å². The predicted molar refractivity (Wildman–Crippen MR) is 115 cm³/mol. The minimum atomic E-state index is -0.0132. The molecular weight excluding hydrogens is 497 g/mol. The van der Waals surface area contributed by atoms with Crippen LogP contribution in [-0.4, -0.2) is 43.9 Å². The molecule has 2 aromatic carbocycles. The summed E-state index contributed by atoms with van der Waals surface area (Å²) in [5.41, 5.74) is 2.34. The van der Waals surface area contributed by atoms with E-state index in [-0.39, 0.29) is 24.6 Å². The highest BCUT2D eigenvalue weighted by molar-refractivity contribution is 9.11. The first kappa shape index (κ1) is 21.1. The van der Waals surface area contributed by atoms with E-state index in [1.165, 1.54) is 5.56 Å². The van der Waals surface area contributed by atoms with E-state index >= 15 is 0 Å². The maximum Gasteiger partial charge on any atom is 0.124 e. The number of benzene rings is 2. The smallest absolute Gasteiger partial charge is 0.124 e. The summed E-state index contributed by atoms with van der Waals surface area (Å²) in [5, 5.41) is 0. The zero-order valence-electron chi connectivity index (χ0n) is 14.8. The van der Waals surface area contributed by atoms with Crippen LogP contribution in [-0.2, 0) is 16.1 Å². The maximum absolute atomic E-state index is 6.35. The van der Waals surface area contributed by atoms with Gasteiger partial charge in [0.2, 0.25) is 0 Å². The van der Waals surface area contributed by atoms with Crippen molar-refractivity contribution in [2.24, 2.45) is 0 Å². The molecule has 0 spiro atoms. The molecular formula is C20H22Br2ClNO3. The number of halogens is 3. The van der Waals surface area contributed by atoms with Crippen LogP contribution in [0.4, 0.5) is 0 Å². The molecule has 0 saturated carbocycles. The van der Waals surface area contributed by atoms with E-state index in [4.69, 9.17) is 14.2 Å². The Morgan fingerprint density at radius 1 is 1.04 bits per heavy atom. The summed E-state index contributed by atoms with van der Waals surface area (Å²) in [6.45, 7) is 4.49. The van der Waals surface area contributed by atoms with Crippen LogP contribution in [0.2, 0.25) is 0 Å². The van der Waals surface area contributed by atoms with Crippen LogP contribution < -0.4 is 4.74 Å². The Bertz CT molecular complexity index is 750. The fourth-order valence-electron chi connectivity index (χ4n) is 3.64. The normalized spacial score (nSPS) is 22.4. The van der Waals surface area contributed by atoms with Crippen molar-refractivity contribution in [3.63, 3.8) is 0 Å². The number of hydrogen-bond acceptors (Lipinski definition) is 4. The number of morpholine rings is 1. The van der Waals surface area contributed by atoms with Gasteiger partial charge in [0.15, 0.2) is 0 Å². The molecule has 0 radical (unpaired) electrons. The van der Waals surface area contributed by atoms with Crippen molar-refractivity contribution in [3.8, 4) is 5.75 Å². The third-order valence-corrected chi connectivity index (χ3v) is 5.73. The number of ether oxygens (including phenoxy) is 3. The van der Waals surface area contributed by atoms with Gasteiger partial charge in [0.05, 0.1) is 25.9 Å². The summed E-state index contributed by atoms with van der Waals surface area (Å²) >= 11 is 7.08. The van der Waals surface area contributed by atoms with Crippen LogP contribution >= 0.6 is 44.3 Å². The van der Waals surface area contributed by atoms with Gasteiger partial charge in [0.1, 0.15) is 18.5 Å². The monoisotopic (exact) mass is 517 g/mol. The second-order valence-corrected chi connectivity index (χ2v) is 8.40. The van der Waals surface area contributed by atoms with Crippen molar-refractivity contribution in [2.75, 3.05) is 32.9 Å². The van der Waals surface area contributed by atoms with Crippen LogP contribution in [0.25, 0.3) is 0 Å². The average Bonchev–Trinajstić information content (AvgIpc) is 2.66. The quantitative estimate of drug-likeness (QED) is 0.570. The molecule has 2 aromatic rings. The van der Waals surface area contributed by atoms with E-state index in [0.29, 0.717) is 13.2 Å². The summed E-state index contributed by atoms with van der Waals surface area (Å²) in [6.07, 6.45) is -0.0132. The highest BCUT2D eigenvalue weighted by Crippen LogP contribution is 2.38. The van der Waals surface area contributed by atoms with Crippen molar-refractivity contribution < 1.29 is 14.2 Å². The minimum absolute atomic E-state index is 0. The predicted octanol–water partition coefficient (Wildman–Crippen LogP) is 4.98.